The second-order valence-corrected chi connectivity index (χ2v) is 10.4. The van der Waals surface area contributed by atoms with E-state index >= 15 is 0 Å². The van der Waals surface area contributed by atoms with Crippen molar-refractivity contribution in [3.63, 3.8) is 0 Å². The van der Waals surface area contributed by atoms with Crippen molar-refractivity contribution in [1.29, 1.82) is 0 Å². The third-order valence-electron chi connectivity index (χ3n) is 6.84. The van der Waals surface area contributed by atoms with Crippen LogP contribution >= 0.6 is 11.8 Å². The molecule has 7 nitrogen and oxygen atoms in total. The van der Waals surface area contributed by atoms with E-state index in [-0.39, 0.29) is 5.69 Å². The molecule has 2 aromatic carbocycles. The zero-order valence-electron chi connectivity index (χ0n) is 19.4. The second-order valence-electron chi connectivity index (χ2n) is 9.10. The molecule has 2 heterocycles. The molecule has 1 N–H and O–H groups in total. The molecule has 0 atom stereocenters. The number of aromatic carboxylic acids is 1. The predicted octanol–water partition coefficient (Wildman–Crippen LogP) is 5.06. The molecular weight excluding hydrogens is 448 g/mol. The Bertz CT molecular complexity index is 1120. The summed E-state index contributed by atoms with van der Waals surface area (Å²) in [4.78, 5) is 14.2. The van der Waals surface area contributed by atoms with Gasteiger partial charge in [-0.3, -0.25) is 0 Å². The van der Waals surface area contributed by atoms with Crippen molar-refractivity contribution >= 4 is 23.4 Å². The number of rotatable bonds is 8. The maximum Gasteiger partial charge on any atom is 0.359 e. The third-order valence-corrected chi connectivity index (χ3v) is 8.19. The molecule has 2 fully saturated rings. The molecule has 1 saturated heterocycles. The molecule has 34 heavy (non-hydrogen) atoms. The van der Waals surface area contributed by atoms with Gasteiger partial charge in [0.25, 0.3) is 0 Å². The molecule has 0 spiro atoms. The Balaban J connectivity index is 1.22. The van der Waals surface area contributed by atoms with E-state index in [1.165, 1.54) is 30.5 Å². The molecule has 0 bridgehead atoms. The van der Waals surface area contributed by atoms with Crippen LogP contribution in [0.25, 0.3) is 0 Å². The highest BCUT2D eigenvalue weighted by Crippen LogP contribution is 2.46. The summed E-state index contributed by atoms with van der Waals surface area (Å²) in [5.41, 5.74) is 3.76. The lowest BCUT2D eigenvalue weighted by molar-refractivity contribution is 0.0686. The first kappa shape index (κ1) is 22.8. The standard InChI is InChI=1S/C26H30N4O3S/c1-33-22-11-5-18(6-12-22)17-30-25(24(26(31)32)27-28-30)34-23-15-20(16-23)19-7-9-21(10-8-19)29-13-3-2-4-14-29/h5-12,20,23H,2-4,13-17H2,1H3,(H,31,32)/t20-,23-. The van der Waals surface area contributed by atoms with Crippen molar-refractivity contribution in [2.45, 2.75) is 54.8 Å². The monoisotopic (exact) mass is 478 g/mol. The Labute approximate surface area is 204 Å². The number of hydrogen-bond acceptors (Lipinski definition) is 6. The maximum absolute atomic E-state index is 11.8. The van der Waals surface area contributed by atoms with Crippen molar-refractivity contribution in [3.05, 3.63) is 65.4 Å². The molecule has 1 aromatic heterocycles. The van der Waals surface area contributed by atoms with Gasteiger partial charge in [0.2, 0.25) is 5.69 Å². The molecule has 5 rings (SSSR count). The summed E-state index contributed by atoms with van der Waals surface area (Å²) < 4.78 is 6.92. The van der Waals surface area contributed by atoms with Crippen LogP contribution in [0.4, 0.5) is 5.69 Å². The fraction of sp³-hybridized carbons (Fsp3) is 0.423. The van der Waals surface area contributed by atoms with E-state index in [1.807, 2.05) is 24.3 Å². The van der Waals surface area contributed by atoms with E-state index in [0.717, 1.165) is 37.2 Å². The Morgan fingerprint density at radius 2 is 1.76 bits per heavy atom. The zero-order chi connectivity index (χ0) is 23.5. The lowest BCUT2D eigenvalue weighted by atomic mass is 9.79. The van der Waals surface area contributed by atoms with E-state index < -0.39 is 5.97 Å². The van der Waals surface area contributed by atoms with E-state index in [4.69, 9.17) is 4.74 Å². The van der Waals surface area contributed by atoms with Gasteiger partial charge in [0.1, 0.15) is 10.8 Å². The van der Waals surface area contributed by atoms with Crippen LogP contribution in [0, 0.1) is 0 Å². The minimum absolute atomic E-state index is 0.0350. The van der Waals surface area contributed by atoms with E-state index in [1.54, 1.807) is 23.6 Å². The van der Waals surface area contributed by atoms with Crippen molar-refractivity contribution < 1.29 is 14.6 Å². The number of thioether (sulfide) groups is 1. The Hall–Kier alpha value is -3.00. The number of benzene rings is 2. The van der Waals surface area contributed by atoms with Gasteiger partial charge >= 0.3 is 5.97 Å². The van der Waals surface area contributed by atoms with Crippen molar-refractivity contribution in [2.75, 3.05) is 25.1 Å². The van der Waals surface area contributed by atoms with Crippen LogP contribution in [-0.2, 0) is 6.54 Å². The zero-order valence-corrected chi connectivity index (χ0v) is 20.2. The van der Waals surface area contributed by atoms with Crippen LogP contribution in [0.1, 0.15) is 59.6 Å². The van der Waals surface area contributed by atoms with E-state index in [2.05, 4.69) is 39.5 Å². The molecule has 1 aliphatic heterocycles. The van der Waals surface area contributed by atoms with Crippen LogP contribution in [-0.4, -0.2) is 51.5 Å². The van der Waals surface area contributed by atoms with Crippen molar-refractivity contribution in [2.24, 2.45) is 0 Å². The number of hydrogen-bond donors (Lipinski definition) is 1. The number of aromatic nitrogens is 3. The summed E-state index contributed by atoms with van der Waals surface area (Å²) >= 11 is 1.59. The van der Waals surface area contributed by atoms with Crippen molar-refractivity contribution in [1.82, 2.24) is 15.0 Å². The van der Waals surface area contributed by atoms with Gasteiger partial charge in [-0.2, -0.15) is 0 Å². The number of carbonyl (C=O) groups is 1. The molecule has 8 heteroatoms. The number of carboxylic acid groups (broad SMARTS) is 1. The van der Waals surface area contributed by atoms with Crippen LogP contribution in [0.5, 0.6) is 5.75 Å². The van der Waals surface area contributed by atoms with Gasteiger partial charge in [0.15, 0.2) is 0 Å². The minimum atomic E-state index is -1.03. The number of ether oxygens (including phenoxy) is 1. The first-order chi connectivity index (χ1) is 16.6. The van der Waals surface area contributed by atoms with Gasteiger partial charge in [-0.25, -0.2) is 9.48 Å². The first-order valence-corrected chi connectivity index (χ1v) is 12.8. The smallest absolute Gasteiger partial charge is 0.359 e. The predicted molar refractivity (Wildman–Crippen MR) is 133 cm³/mol. The van der Waals surface area contributed by atoms with E-state index in [9.17, 15) is 9.90 Å². The number of carboxylic acids is 1. The van der Waals surface area contributed by atoms with Crippen molar-refractivity contribution in [3.8, 4) is 5.75 Å². The molecule has 1 saturated carbocycles. The minimum Gasteiger partial charge on any atom is -0.497 e. The molecule has 0 amide bonds. The summed E-state index contributed by atoms with van der Waals surface area (Å²) in [7, 11) is 1.63. The molecular formula is C26H30N4O3S. The summed E-state index contributed by atoms with van der Waals surface area (Å²) in [6, 6.07) is 16.8. The van der Waals surface area contributed by atoms with Gasteiger partial charge in [-0.15, -0.1) is 16.9 Å². The van der Waals surface area contributed by atoms with Gasteiger partial charge in [-0.05, 0) is 73.4 Å². The lowest BCUT2D eigenvalue weighted by Crippen LogP contribution is -2.29. The van der Waals surface area contributed by atoms with Gasteiger partial charge < -0.3 is 14.7 Å². The highest BCUT2D eigenvalue weighted by atomic mass is 32.2. The maximum atomic E-state index is 11.8. The molecule has 0 radical (unpaired) electrons. The topological polar surface area (TPSA) is 80.5 Å². The molecule has 0 unspecified atom stereocenters. The highest BCUT2D eigenvalue weighted by molar-refractivity contribution is 8.00. The number of piperidine rings is 1. The molecule has 178 valence electrons. The van der Waals surface area contributed by atoms with Gasteiger partial charge in [0.05, 0.1) is 13.7 Å². The van der Waals surface area contributed by atoms with Crippen LogP contribution < -0.4 is 9.64 Å². The fourth-order valence-electron chi connectivity index (χ4n) is 4.76. The first-order valence-electron chi connectivity index (χ1n) is 11.9. The van der Waals surface area contributed by atoms with Gasteiger partial charge in [0, 0.05) is 24.0 Å². The fourth-order valence-corrected chi connectivity index (χ4v) is 6.20. The summed E-state index contributed by atoms with van der Waals surface area (Å²) in [5.74, 6) is 0.271. The summed E-state index contributed by atoms with van der Waals surface area (Å²) in [6.07, 6.45) is 5.96. The Kier molecular flexibility index (Phi) is 6.76. The average Bonchev–Trinajstić information content (AvgIpc) is 3.24. The molecule has 2 aliphatic rings. The Morgan fingerprint density at radius 1 is 1.06 bits per heavy atom. The normalized spacial score (nSPS) is 20.1. The Morgan fingerprint density at radius 3 is 2.41 bits per heavy atom. The van der Waals surface area contributed by atoms with Crippen LogP contribution in [0.15, 0.2) is 53.6 Å². The number of anilines is 1. The number of methoxy groups -OCH3 is 1. The lowest BCUT2D eigenvalue weighted by Gasteiger charge is -2.35. The van der Waals surface area contributed by atoms with Crippen LogP contribution in [0.2, 0.25) is 0 Å². The summed E-state index contributed by atoms with van der Waals surface area (Å²) in [6.45, 7) is 2.79. The molecule has 1 aliphatic carbocycles. The largest absolute Gasteiger partial charge is 0.497 e. The summed E-state index contributed by atoms with van der Waals surface area (Å²) in [5, 5.41) is 18.7. The number of nitrogens with zero attached hydrogens (tertiary/aromatic N) is 4. The molecule has 3 aromatic rings. The third kappa shape index (κ3) is 4.92. The SMILES string of the molecule is COc1ccc(Cn2nnc(C(=O)O)c2S[C@H]2C[C@H](c3ccc(N4CCCCC4)cc3)C2)cc1. The quantitative estimate of drug-likeness (QED) is 0.485. The van der Waals surface area contributed by atoms with E-state index in [0.29, 0.717) is 22.7 Å². The second kappa shape index (κ2) is 10.1. The highest BCUT2D eigenvalue weighted by Gasteiger charge is 2.34. The average molecular weight is 479 g/mol. The van der Waals surface area contributed by atoms with Crippen LogP contribution in [0.3, 0.4) is 0 Å². The van der Waals surface area contributed by atoms with Gasteiger partial charge in [-0.1, -0.05) is 29.5 Å².